The zero-order valence-corrected chi connectivity index (χ0v) is 16.3. The quantitative estimate of drug-likeness (QED) is 0.220. The molecule has 22 heavy (non-hydrogen) atoms. The molecule has 0 saturated heterocycles. The monoisotopic (exact) mass is 347 g/mol. The molecule has 0 amide bonds. The summed E-state index contributed by atoms with van der Waals surface area (Å²) in [5.41, 5.74) is -0.203. The number of oxime groups is 1. The molecule has 0 rings (SSSR count). The largest absolute Gasteiger partial charge is 0.543 e. The molecule has 0 aliphatic carbocycles. The van der Waals surface area contributed by atoms with E-state index >= 15 is 0 Å². The first kappa shape index (κ1) is 20.4. The first-order valence-electron chi connectivity index (χ1n) is 6.74. The van der Waals surface area contributed by atoms with Crippen LogP contribution in [0.15, 0.2) is 17.5 Å². The molecule has 0 radical (unpaired) electrons. The van der Waals surface area contributed by atoms with E-state index in [1.807, 2.05) is 39.3 Å². The highest BCUT2D eigenvalue weighted by Crippen LogP contribution is 2.11. The van der Waals surface area contributed by atoms with Crippen molar-refractivity contribution < 1.29 is 28.0 Å². The Labute approximate surface area is 133 Å². The molecule has 0 unspecified atom stereocenters. The molecule has 0 heterocycles. The number of esters is 1. The van der Waals surface area contributed by atoms with Crippen molar-refractivity contribution >= 4 is 34.3 Å². The van der Waals surface area contributed by atoms with Crippen LogP contribution in [0.25, 0.3) is 0 Å². The molecule has 0 aromatic heterocycles. The van der Waals surface area contributed by atoms with Gasteiger partial charge in [-0.1, -0.05) is 11.7 Å². The fourth-order valence-electron chi connectivity index (χ4n) is 1.24. The van der Waals surface area contributed by atoms with Crippen LogP contribution in [0.3, 0.4) is 0 Å². The van der Waals surface area contributed by atoms with Crippen molar-refractivity contribution in [2.45, 2.75) is 39.3 Å². The lowest BCUT2D eigenvalue weighted by Gasteiger charge is -2.20. The summed E-state index contributed by atoms with van der Waals surface area (Å²) in [7, 11) is -2.74. The van der Waals surface area contributed by atoms with Crippen LogP contribution in [-0.4, -0.2) is 48.0 Å². The lowest BCUT2D eigenvalue weighted by molar-refractivity contribution is -0.140. The van der Waals surface area contributed by atoms with E-state index in [9.17, 15) is 9.59 Å². The minimum absolute atomic E-state index is 0.0598. The molecule has 0 aliphatic heterocycles. The van der Waals surface area contributed by atoms with Gasteiger partial charge in [0.05, 0.1) is 7.11 Å². The van der Waals surface area contributed by atoms with E-state index in [-0.39, 0.29) is 11.5 Å². The van der Waals surface area contributed by atoms with Crippen LogP contribution in [0.2, 0.25) is 39.3 Å². The average molecular weight is 348 g/mol. The van der Waals surface area contributed by atoms with Crippen LogP contribution >= 0.6 is 0 Å². The number of carbonyl (C=O) groups excluding carboxylic acids is 2. The molecule has 0 N–H and O–H groups in total. The molecule has 0 aromatic carbocycles. The van der Waals surface area contributed by atoms with E-state index in [1.54, 1.807) is 0 Å². The predicted octanol–water partition coefficient (Wildman–Crippen LogP) is 2.28. The topological polar surface area (TPSA) is 83.4 Å². The Morgan fingerprint density at radius 1 is 1.00 bits per heavy atom. The van der Waals surface area contributed by atoms with Crippen LogP contribution in [0.1, 0.15) is 0 Å². The number of hydrogen-bond donors (Lipinski definition) is 0. The van der Waals surface area contributed by atoms with E-state index in [2.05, 4.69) is 16.5 Å². The molecule has 0 fully saturated rings. The van der Waals surface area contributed by atoms with Gasteiger partial charge in [0.15, 0.2) is 0 Å². The lowest BCUT2D eigenvalue weighted by atomic mass is 10.3. The maximum Gasteiger partial charge on any atom is 0.363 e. The van der Waals surface area contributed by atoms with Crippen molar-refractivity contribution in [1.82, 2.24) is 0 Å². The highest BCUT2D eigenvalue weighted by atomic mass is 28.4. The van der Waals surface area contributed by atoms with Gasteiger partial charge in [0, 0.05) is 0 Å². The maximum atomic E-state index is 11.7. The Morgan fingerprint density at radius 2 is 1.50 bits per heavy atom. The van der Waals surface area contributed by atoms with E-state index in [0.717, 1.165) is 0 Å². The fourth-order valence-corrected chi connectivity index (χ4v) is 2.81. The van der Waals surface area contributed by atoms with E-state index in [1.165, 1.54) is 7.11 Å². The second-order valence-corrected chi connectivity index (χ2v) is 15.3. The third-order valence-electron chi connectivity index (χ3n) is 1.83. The minimum Gasteiger partial charge on any atom is -0.543 e. The number of hydrogen-bond acceptors (Lipinski definition) is 7. The fraction of sp³-hybridized carbons (Fsp3) is 0.615. The number of rotatable bonds is 8. The lowest BCUT2D eigenvalue weighted by Crippen LogP contribution is -2.31. The third kappa shape index (κ3) is 9.34. The van der Waals surface area contributed by atoms with Gasteiger partial charge in [-0.3, -0.25) is 0 Å². The Kier molecular flexibility index (Phi) is 7.53. The summed E-state index contributed by atoms with van der Waals surface area (Å²) >= 11 is 0. The van der Waals surface area contributed by atoms with E-state index in [0.29, 0.717) is 0 Å². The van der Waals surface area contributed by atoms with E-state index < -0.39 is 35.2 Å². The van der Waals surface area contributed by atoms with Gasteiger partial charge >= 0.3 is 11.9 Å². The Morgan fingerprint density at radius 3 is 1.91 bits per heavy atom. The zero-order valence-electron chi connectivity index (χ0n) is 14.3. The number of carbonyl (C=O) groups is 2. The Bertz CT molecular complexity index is 462. The maximum absolute atomic E-state index is 11.7. The van der Waals surface area contributed by atoms with Crippen LogP contribution in [0.4, 0.5) is 0 Å². The van der Waals surface area contributed by atoms with Crippen LogP contribution < -0.4 is 0 Å². The second kappa shape index (κ2) is 8.13. The number of nitrogens with zero attached hydrogens (tertiary/aromatic N) is 1. The van der Waals surface area contributed by atoms with Gasteiger partial charge in [0.2, 0.25) is 29.0 Å². The molecule has 0 atom stereocenters. The molecule has 0 bridgehead atoms. The van der Waals surface area contributed by atoms with Gasteiger partial charge < -0.3 is 18.4 Å². The van der Waals surface area contributed by atoms with Crippen LogP contribution in [0.5, 0.6) is 0 Å². The van der Waals surface area contributed by atoms with Gasteiger partial charge in [0.1, 0.15) is 5.76 Å². The summed E-state index contributed by atoms with van der Waals surface area (Å²) in [5.74, 6) is -1.23. The first-order chi connectivity index (χ1) is 9.85. The second-order valence-electron chi connectivity index (χ2n) is 6.43. The van der Waals surface area contributed by atoms with Crippen molar-refractivity contribution in [2.75, 3.05) is 13.7 Å². The van der Waals surface area contributed by atoms with Gasteiger partial charge in [-0.2, -0.15) is 0 Å². The van der Waals surface area contributed by atoms with Crippen molar-refractivity contribution in [1.29, 1.82) is 0 Å². The summed E-state index contributed by atoms with van der Waals surface area (Å²) in [4.78, 5) is 28.1. The molecule has 0 aromatic rings. The van der Waals surface area contributed by atoms with Crippen LogP contribution in [-0.2, 0) is 28.0 Å². The zero-order chi connectivity index (χ0) is 17.6. The average Bonchev–Trinajstić information content (AvgIpc) is 2.29. The Hall–Kier alpha value is -1.62. The van der Waals surface area contributed by atoms with Crippen molar-refractivity contribution in [3.8, 4) is 0 Å². The summed E-state index contributed by atoms with van der Waals surface area (Å²) < 4.78 is 15.4. The molecular weight excluding hydrogens is 322 g/mol. The van der Waals surface area contributed by atoms with Gasteiger partial charge in [-0.05, 0) is 39.3 Å². The summed E-state index contributed by atoms with van der Waals surface area (Å²) in [5, 5.41) is 3.60. The normalized spacial score (nSPS) is 12.4. The summed E-state index contributed by atoms with van der Waals surface area (Å²) in [6, 6.07) is 0. The van der Waals surface area contributed by atoms with Gasteiger partial charge in [-0.15, -0.1) is 0 Å². The Balaban J connectivity index is 4.81. The molecule has 0 aliphatic rings. The standard InChI is InChI=1S/C13H25NO6Si2/c1-10(19-21(3,4)5)12(13(16)17-2)14-18-9-11(15)20-22(6,7)8/h1,9H2,2-8H3/b14-12-. The highest BCUT2D eigenvalue weighted by molar-refractivity contribution is 6.71. The summed E-state index contributed by atoms with van der Waals surface area (Å²) in [6.45, 7) is 14.7. The third-order valence-corrected chi connectivity index (χ3v) is 3.53. The molecular formula is C13H25NO6Si2. The van der Waals surface area contributed by atoms with Crippen molar-refractivity contribution in [3.63, 3.8) is 0 Å². The first-order valence-corrected chi connectivity index (χ1v) is 13.6. The summed E-state index contributed by atoms with van der Waals surface area (Å²) in [6.07, 6.45) is 0. The highest BCUT2D eigenvalue weighted by Gasteiger charge is 2.25. The molecule has 0 spiro atoms. The van der Waals surface area contributed by atoms with Crippen molar-refractivity contribution in [3.05, 3.63) is 12.3 Å². The molecule has 0 saturated carbocycles. The van der Waals surface area contributed by atoms with Crippen LogP contribution in [0, 0.1) is 0 Å². The number of ether oxygens (including phenoxy) is 1. The van der Waals surface area contributed by atoms with E-state index in [4.69, 9.17) is 13.7 Å². The molecule has 9 heteroatoms. The van der Waals surface area contributed by atoms with Gasteiger partial charge in [0.25, 0.3) is 0 Å². The molecule has 126 valence electrons. The number of methoxy groups -OCH3 is 1. The molecule has 7 nitrogen and oxygen atoms in total. The minimum atomic E-state index is -1.99. The van der Waals surface area contributed by atoms with Crippen molar-refractivity contribution in [2.24, 2.45) is 5.16 Å². The smallest absolute Gasteiger partial charge is 0.363 e. The SMILES string of the molecule is C=C(O[Si](C)(C)C)/C(=N/OCC(=O)O[Si](C)(C)C)C(=O)OC. The predicted molar refractivity (Wildman–Crippen MR) is 88.4 cm³/mol. The van der Waals surface area contributed by atoms with Gasteiger partial charge in [-0.25, -0.2) is 9.59 Å².